The average Bonchev–Trinajstić information content (AvgIpc) is 3.52. The largest absolute Gasteiger partial charge is 0.390 e. The third-order valence-electron chi connectivity index (χ3n) is 6.53. The lowest BCUT2D eigenvalue weighted by molar-refractivity contribution is -0.169. The third-order valence-corrected chi connectivity index (χ3v) is 6.53. The SMILES string of the molecule is O=C(OC(=O)[C@@H]1CCCN1C(=O)[C@@H]1CCCN1)[C@@H]1CCCN1C(=O)[C@@H]1CCCN1. The van der Waals surface area contributed by atoms with Crippen molar-refractivity contribution in [3.8, 4) is 0 Å². The summed E-state index contributed by atoms with van der Waals surface area (Å²) in [6.45, 7) is 2.62. The van der Waals surface area contributed by atoms with E-state index < -0.39 is 24.0 Å². The number of carbonyl (C=O) groups excluding carboxylic acids is 4. The Kier molecular flexibility index (Phi) is 6.15. The summed E-state index contributed by atoms with van der Waals surface area (Å²) in [6.07, 6.45) is 5.86. The maximum atomic E-state index is 12.7. The molecule has 4 heterocycles. The molecule has 0 aromatic carbocycles. The number of hydrogen-bond acceptors (Lipinski definition) is 7. The molecule has 0 unspecified atom stereocenters. The van der Waals surface area contributed by atoms with Crippen LogP contribution in [-0.2, 0) is 23.9 Å². The lowest BCUT2D eigenvalue weighted by Crippen LogP contribution is -2.51. The Bertz CT molecular complexity index is 616. The van der Waals surface area contributed by atoms with Gasteiger partial charge in [-0.2, -0.15) is 0 Å². The van der Waals surface area contributed by atoms with E-state index in [0.29, 0.717) is 38.8 Å². The maximum Gasteiger partial charge on any atom is 0.336 e. The molecule has 4 atom stereocenters. The molecular weight excluding hydrogens is 376 g/mol. The Morgan fingerprint density at radius 1 is 0.655 bits per heavy atom. The highest BCUT2D eigenvalue weighted by Gasteiger charge is 2.43. The van der Waals surface area contributed by atoms with Crippen LogP contribution in [0.2, 0.25) is 0 Å². The number of amides is 2. The van der Waals surface area contributed by atoms with E-state index in [1.54, 1.807) is 9.80 Å². The van der Waals surface area contributed by atoms with Crippen molar-refractivity contribution in [3.63, 3.8) is 0 Å². The Morgan fingerprint density at radius 3 is 1.48 bits per heavy atom. The van der Waals surface area contributed by atoms with Gasteiger partial charge in [-0.05, 0) is 64.5 Å². The highest BCUT2D eigenvalue weighted by Crippen LogP contribution is 2.24. The first-order valence-corrected chi connectivity index (χ1v) is 10.9. The van der Waals surface area contributed by atoms with Crippen molar-refractivity contribution in [2.24, 2.45) is 0 Å². The zero-order valence-corrected chi connectivity index (χ0v) is 16.7. The van der Waals surface area contributed by atoms with Crippen LogP contribution in [-0.4, -0.2) is 83.9 Å². The van der Waals surface area contributed by atoms with E-state index in [-0.39, 0.29) is 23.9 Å². The predicted molar refractivity (Wildman–Crippen MR) is 103 cm³/mol. The smallest absolute Gasteiger partial charge is 0.336 e. The summed E-state index contributed by atoms with van der Waals surface area (Å²) in [4.78, 5) is 53.9. The van der Waals surface area contributed by atoms with Crippen molar-refractivity contribution in [2.45, 2.75) is 75.5 Å². The zero-order chi connectivity index (χ0) is 20.4. The second-order valence-corrected chi connectivity index (χ2v) is 8.42. The van der Waals surface area contributed by atoms with Gasteiger partial charge in [-0.15, -0.1) is 0 Å². The predicted octanol–water partition coefficient (Wildman–Crippen LogP) is -0.458. The number of likely N-dealkylation sites (tertiary alicyclic amines) is 2. The van der Waals surface area contributed by atoms with E-state index in [1.165, 1.54) is 0 Å². The van der Waals surface area contributed by atoms with Gasteiger partial charge in [0, 0.05) is 13.1 Å². The molecule has 4 rings (SSSR count). The molecule has 2 amide bonds. The summed E-state index contributed by atoms with van der Waals surface area (Å²) in [5.74, 6) is -1.51. The number of ether oxygens (including phenoxy) is 1. The molecule has 0 aliphatic carbocycles. The fourth-order valence-corrected chi connectivity index (χ4v) is 4.98. The Labute approximate surface area is 170 Å². The van der Waals surface area contributed by atoms with Crippen molar-refractivity contribution >= 4 is 23.8 Å². The second kappa shape index (κ2) is 8.79. The van der Waals surface area contributed by atoms with Crippen molar-refractivity contribution < 1.29 is 23.9 Å². The van der Waals surface area contributed by atoms with Gasteiger partial charge in [0.05, 0.1) is 12.1 Å². The molecule has 160 valence electrons. The van der Waals surface area contributed by atoms with E-state index in [2.05, 4.69) is 10.6 Å². The van der Waals surface area contributed by atoms with E-state index in [1.807, 2.05) is 0 Å². The summed E-state index contributed by atoms with van der Waals surface area (Å²) in [5.41, 5.74) is 0. The normalized spacial score (nSPS) is 32.0. The molecule has 0 spiro atoms. The summed E-state index contributed by atoms with van der Waals surface area (Å²) in [5, 5.41) is 6.33. The topological polar surface area (TPSA) is 108 Å². The van der Waals surface area contributed by atoms with Crippen LogP contribution in [0.4, 0.5) is 0 Å². The minimum absolute atomic E-state index is 0.0839. The first-order chi connectivity index (χ1) is 14.1. The van der Waals surface area contributed by atoms with Crippen molar-refractivity contribution in [1.29, 1.82) is 0 Å². The second-order valence-electron chi connectivity index (χ2n) is 8.42. The summed E-state index contributed by atoms with van der Waals surface area (Å²) in [6, 6.07) is -1.92. The molecule has 4 fully saturated rings. The van der Waals surface area contributed by atoms with Gasteiger partial charge in [0.1, 0.15) is 12.1 Å². The number of carbonyl (C=O) groups is 4. The zero-order valence-electron chi connectivity index (χ0n) is 16.7. The van der Waals surface area contributed by atoms with E-state index in [4.69, 9.17) is 4.74 Å². The van der Waals surface area contributed by atoms with Crippen LogP contribution >= 0.6 is 0 Å². The Balaban J connectivity index is 1.36. The van der Waals surface area contributed by atoms with Crippen LogP contribution < -0.4 is 10.6 Å². The van der Waals surface area contributed by atoms with E-state index >= 15 is 0 Å². The fraction of sp³-hybridized carbons (Fsp3) is 0.800. The minimum atomic E-state index is -0.712. The molecule has 0 aromatic rings. The van der Waals surface area contributed by atoms with Crippen LogP contribution in [0, 0.1) is 0 Å². The quantitative estimate of drug-likeness (QED) is 0.481. The molecular formula is C20H30N4O5. The molecule has 4 aliphatic rings. The minimum Gasteiger partial charge on any atom is -0.390 e. The third kappa shape index (κ3) is 4.16. The van der Waals surface area contributed by atoms with Gasteiger partial charge >= 0.3 is 11.9 Å². The van der Waals surface area contributed by atoms with Crippen LogP contribution in [0.15, 0.2) is 0 Å². The molecule has 4 aliphatic heterocycles. The van der Waals surface area contributed by atoms with Gasteiger partial charge in [0.25, 0.3) is 0 Å². The summed E-state index contributed by atoms with van der Waals surface area (Å²) < 4.78 is 5.20. The average molecular weight is 406 g/mol. The number of esters is 2. The molecule has 2 N–H and O–H groups in total. The highest BCUT2D eigenvalue weighted by atomic mass is 16.6. The van der Waals surface area contributed by atoms with E-state index in [0.717, 1.165) is 38.8 Å². The van der Waals surface area contributed by atoms with Gasteiger partial charge in [-0.1, -0.05) is 0 Å². The summed E-state index contributed by atoms with van der Waals surface area (Å²) >= 11 is 0. The van der Waals surface area contributed by atoms with E-state index in [9.17, 15) is 19.2 Å². The van der Waals surface area contributed by atoms with Crippen LogP contribution in [0.3, 0.4) is 0 Å². The Hall–Kier alpha value is -2.00. The van der Waals surface area contributed by atoms with Gasteiger partial charge in [0.2, 0.25) is 11.8 Å². The van der Waals surface area contributed by atoms with Crippen LogP contribution in [0.25, 0.3) is 0 Å². The molecule has 4 saturated heterocycles. The Morgan fingerprint density at radius 2 is 1.10 bits per heavy atom. The van der Waals surface area contributed by atoms with Crippen molar-refractivity contribution in [3.05, 3.63) is 0 Å². The van der Waals surface area contributed by atoms with Crippen LogP contribution in [0.5, 0.6) is 0 Å². The summed E-state index contributed by atoms with van der Waals surface area (Å²) in [7, 11) is 0. The van der Waals surface area contributed by atoms with Gasteiger partial charge in [-0.3, -0.25) is 9.59 Å². The lowest BCUT2D eigenvalue weighted by Gasteiger charge is -2.28. The number of nitrogens with zero attached hydrogens (tertiary/aromatic N) is 2. The molecule has 0 saturated carbocycles. The first-order valence-electron chi connectivity index (χ1n) is 10.9. The molecule has 0 radical (unpaired) electrons. The maximum absolute atomic E-state index is 12.7. The standard InChI is InChI=1S/C20H30N4O5/c25-17(13-5-1-9-21-13)23-11-3-7-15(23)19(27)29-20(28)16-8-4-12-24(16)18(26)14-6-2-10-22-14/h13-16,21-22H,1-12H2/t13-,14-,15-,16-/m0/s1. The van der Waals surface area contributed by atoms with Crippen molar-refractivity contribution in [2.75, 3.05) is 26.2 Å². The van der Waals surface area contributed by atoms with Crippen molar-refractivity contribution in [1.82, 2.24) is 20.4 Å². The number of nitrogens with one attached hydrogen (secondary N) is 2. The van der Waals surface area contributed by atoms with Gasteiger partial charge in [0.15, 0.2) is 0 Å². The van der Waals surface area contributed by atoms with Gasteiger partial charge < -0.3 is 25.2 Å². The molecule has 9 heteroatoms. The lowest BCUT2D eigenvalue weighted by atomic mass is 10.1. The van der Waals surface area contributed by atoms with Crippen LogP contribution in [0.1, 0.15) is 51.4 Å². The molecule has 0 bridgehead atoms. The number of rotatable bonds is 4. The van der Waals surface area contributed by atoms with Gasteiger partial charge in [-0.25, -0.2) is 9.59 Å². The monoisotopic (exact) mass is 406 g/mol. The fourth-order valence-electron chi connectivity index (χ4n) is 4.98. The molecule has 0 aromatic heterocycles. The number of hydrogen-bond donors (Lipinski definition) is 2. The highest BCUT2D eigenvalue weighted by molar-refractivity contribution is 5.96. The molecule has 29 heavy (non-hydrogen) atoms. The first kappa shape index (κ1) is 20.3. The molecule has 9 nitrogen and oxygen atoms in total.